The van der Waals surface area contributed by atoms with Crippen LogP contribution in [0.2, 0.25) is 0 Å². The summed E-state index contributed by atoms with van der Waals surface area (Å²) in [5.74, 6) is 1.89. The molecule has 1 aliphatic rings. The summed E-state index contributed by atoms with van der Waals surface area (Å²) in [7, 11) is 3.13. The fourth-order valence-corrected chi connectivity index (χ4v) is 3.51. The third-order valence-corrected chi connectivity index (χ3v) is 5.36. The van der Waals surface area contributed by atoms with Crippen LogP contribution in [0, 0.1) is 19.8 Å². The van der Waals surface area contributed by atoms with Gasteiger partial charge in [-0.2, -0.15) is 4.98 Å². The molecule has 1 N–H and O–H groups in total. The van der Waals surface area contributed by atoms with Gasteiger partial charge in [0.05, 0.1) is 17.7 Å². The van der Waals surface area contributed by atoms with Gasteiger partial charge in [0.15, 0.2) is 15.7 Å². The van der Waals surface area contributed by atoms with Crippen molar-refractivity contribution in [2.45, 2.75) is 31.7 Å². The summed E-state index contributed by atoms with van der Waals surface area (Å²) in [4.78, 5) is 25.4. The zero-order chi connectivity index (χ0) is 21.5. The minimum absolute atomic E-state index is 0.284. The first kappa shape index (κ1) is 20.3. The Morgan fingerprint density at radius 1 is 1.20 bits per heavy atom. The second-order valence-electron chi connectivity index (χ2n) is 8.43. The highest BCUT2D eigenvalue weighted by atomic mass is 16.5. The maximum atomic E-state index is 12.1. The summed E-state index contributed by atoms with van der Waals surface area (Å²) in [6.07, 6.45) is 6.24. The topological polar surface area (TPSA) is 90.1 Å². The lowest BCUT2D eigenvalue weighted by Crippen LogP contribution is -2.41. The molecule has 30 heavy (non-hydrogen) atoms. The first-order valence-electron chi connectivity index (χ1n) is 10.1. The van der Waals surface area contributed by atoms with Gasteiger partial charge in [0.2, 0.25) is 5.88 Å². The van der Waals surface area contributed by atoms with Gasteiger partial charge in [-0.25, -0.2) is 4.98 Å². The summed E-state index contributed by atoms with van der Waals surface area (Å²) < 4.78 is 7.38. The third kappa shape index (κ3) is 4.31. The van der Waals surface area contributed by atoms with Gasteiger partial charge in [-0.15, -0.1) is 0 Å². The molecule has 9 heteroatoms. The van der Waals surface area contributed by atoms with Crippen molar-refractivity contribution < 1.29 is 9.84 Å². The number of hydrogen-bond donors (Lipinski definition) is 1. The van der Waals surface area contributed by atoms with E-state index in [9.17, 15) is 9.90 Å². The summed E-state index contributed by atoms with van der Waals surface area (Å²) in [6.45, 7) is 4.38. The van der Waals surface area contributed by atoms with E-state index in [0.717, 1.165) is 17.7 Å². The molecule has 3 aromatic heterocycles. The van der Waals surface area contributed by atoms with Crippen LogP contribution in [-0.4, -0.2) is 46.9 Å². The van der Waals surface area contributed by atoms with Crippen molar-refractivity contribution in [2.75, 3.05) is 6.61 Å². The van der Waals surface area contributed by atoms with E-state index in [4.69, 9.17) is 4.74 Å². The normalized spacial score (nSPS) is 18.2. The van der Waals surface area contributed by atoms with E-state index in [1.54, 1.807) is 34.2 Å². The molecule has 0 amide bonds. The second kappa shape index (κ2) is 7.72. The second-order valence-corrected chi connectivity index (χ2v) is 8.43. The highest BCUT2D eigenvalue weighted by Gasteiger charge is 2.40. The largest absolute Gasteiger partial charge is 0.477 e. The first-order chi connectivity index (χ1) is 14.2. The highest BCUT2D eigenvalue weighted by molar-refractivity contribution is 6.36. The maximum absolute atomic E-state index is 12.1. The predicted molar refractivity (Wildman–Crippen MR) is 119 cm³/mol. The van der Waals surface area contributed by atoms with Crippen LogP contribution in [0.1, 0.15) is 29.4 Å². The van der Waals surface area contributed by atoms with Crippen LogP contribution >= 0.6 is 0 Å². The standard InChI is InChI=1S/C21H24B2N4O3/c1-12-3-5-18(25-8-12)16-7-15(16)11-30-20-17(9-24-13(2)26-20)14-4-6-19(28)27(10-14)21(22,23)29/h3-6,8-10,15-16,29H,7,11,22-23H2,1-2H3. The van der Waals surface area contributed by atoms with E-state index in [1.165, 1.54) is 10.6 Å². The molecular formula is C21H24B2N4O3. The van der Waals surface area contributed by atoms with E-state index in [2.05, 4.69) is 27.1 Å². The Morgan fingerprint density at radius 2 is 2.00 bits per heavy atom. The number of ether oxygens (including phenoxy) is 1. The Labute approximate surface area is 177 Å². The van der Waals surface area contributed by atoms with Crippen LogP contribution in [0.4, 0.5) is 0 Å². The molecule has 4 rings (SSSR count). The van der Waals surface area contributed by atoms with Crippen LogP contribution in [0.15, 0.2) is 47.7 Å². The number of hydrogen-bond acceptors (Lipinski definition) is 6. The lowest BCUT2D eigenvalue weighted by molar-refractivity contribution is 0.137. The van der Waals surface area contributed by atoms with Crippen LogP contribution in [0.3, 0.4) is 0 Å². The number of nitrogens with zero attached hydrogens (tertiary/aromatic N) is 4. The van der Waals surface area contributed by atoms with Crippen molar-refractivity contribution in [1.29, 1.82) is 0 Å². The molecule has 2 unspecified atom stereocenters. The zero-order valence-corrected chi connectivity index (χ0v) is 17.7. The average Bonchev–Trinajstić information content (AvgIpc) is 3.46. The minimum atomic E-state index is -1.32. The number of rotatable bonds is 6. The van der Waals surface area contributed by atoms with Crippen molar-refractivity contribution in [1.82, 2.24) is 19.5 Å². The molecule has 0 saturated heterocycles. The summed E-state index contributed by atoms with van der Waals surface area (Å²) in [6, 6.07) is 7.29. The molecule has 3 aromatic rings. The van der Waals surface area contributed by atoms with E-state index in [1.807, 2.05) is 20.0 Å². The van der Waals surface area contributed by atoms with Crippen LogP contribution in [0.25, 0.3) is 11.1 Å². The quantitative estimate of drug-likeness (QED) is 0.598. The Hall–Kier alpha value is -2.93. The molecule has 0 bridgehead atoms. The third-order valence-electron chi connectivity index (χ3n) is 5.36. The van der Waals surface area contributed by atoms with E-state index in [0.29, 0.717) is 41.3 Å². The fourth-order valence-electron chi connectivity index (χ4n) is 3.51. The number of aryl methyl sites for hydroxylation is 2. The average molecular weight is 402 g/mol. The van der Waals surface area contributed by atoms with E-state index >= 15 is 0 Å². The summed E-state index contributed by atoms with van der Waals surface area (Å²) in [5.41, 5.74) is 2.05. The molecule has 0 aromatic carbocycles. The summed E-state index contributed by atoms with van der Waals surface area (Å²) in [5, 5.41) is 10.3. The van der Waals surface area contributed by atoms with Crippen LogP contribution < -0.4 is 10.3 Å². The Bertz CT molecular complexity index is 1130. The van der Waals surface area contributed by atoms with Crippen molar-refractivity contribution in [2.24, 2.45) is 5.92 Å². The van der Waals surface area contributed by atoms with E-state index in [-0.39, 0.29) is 5.56 Å². The first-order valence-corrected chi connectivity index (χ1v) is 10.1. The zero-order valence-electron chi connectivity index (χ0n) is 17.7. The van der Waals surface area contributed by atoms with Crippen molar-refractivity contribution in [3.8, 4) is 17.0 Å². The number of aliphatic hydroxyl groups is 1. The monoisotopic (exact) mass is 402 g/mol. The molecule has 152 valence electrons. The smallest absolute Gasteiger partial charge is 0.251 e. The molecule has 1 aliphatic carbocycles. The van der Waals surface area contributed by atoms with Crippen molar-refractivity contribution in [3.05, 3.63) is 70.3 Å². The van der Waals surface area contributed by atoms with Crippen molar-refractivity contribution in [3.63, 3.8) is 0 Å². The molecule has 3 heterocycles. The fraction of sp³-hybridized carbons (Fsp3) is 0.333. The van der Waals surface area contributed by atoms with Gasteiger partial charge in [-0.3, -0.25) is 9.78 Å². The maximum Gasteiger partial charge on any atom is 0.251 e. The lowest BCUT2D eigenvalue weighted by Gasteiger charge is -2.22. The van der Waals surface area contributed by atoms with Gasteiger partial charge in [0.1, 0.15) is 5.82 Å². The van der Waals surface area contributed by atoms with Gasteiger partial charge >= 0.3 is 0 Å². The minimum Gasteiger partial charge on any atom is -0.477 e. The molecule has 0 spiro atoms. The SMILES string of the molecule is BC(B)(O)n1cc(-c2cnc(C)nc2OCC2CC2c2ccc(C)cn2)ccc1=O. The van der Waals surface area contributed by atoms with Gasteiger partial charge in [-0.1, -0.05) is 6.07 Å². The van der Waals surface area contributed by atoms with E-state index < -0.39 is 5.52 Å². The number of aromatic nitrogens is 4. The van der Waals surface area contributed by atoms with Gasteiger partial charge < -0.3 is 14.4 Å². The molecule has 0 radical (unpaired) electrons. The van der Waals surface area contributed by atoms with Gasteiger partial charge in [0.25, 0.3) is 5.56 Å². The molecular weight excluding hydrogens is 378 g/mol. The summed E-state index contributed by atoms with van der Waals surface area (Å²) >= 11 is 0. The molecule has 1 fully saturated rings. The van der Waals surface area contributed by atoms with Crippen LogP contribution in [0.5, 0.6) is 5.88 Å². The van der Waals surface area contributed by atoms with Gasteiger partial charge in [0, 0.05) is 47.8 Å². The van der Waals surface area contributed by atoms with Crippen LogP contribution in [-0.2, 0) is 5.52 Å². The molecule has 7 nitrogen and oxygen atoms in total. The van der Waals surface area contributed by atoms with Crippen molar-refractivity contribution >= 4 is 15.7 Å². The molecule has 1 saturated carbocycles. The molecule has 2 atom stereocenters. The Kier molecular flexibility index (Phi) is 5.24. The predicted octanol–water partition coefficient (Wildman–Crippen LogP) is 0.326. The highest BCUT2D eigenvalue weighted by Crippen LogP contribution is 2.47. The lowest BCUT2D eigenvalue weighted by atomic mass is 9.73. The molecule has 0 aliphatic heterocycles. The Morgan fingerprint density at radius 3 is 2.70 bits per heavy atom. The Balaban J connectivity index is 1.55. The van der Waals surface area contributed by atoms with Gasteiger partial charge in [-0.05, 0) is 38.0 Å². The number of pyridine rings is 2.